The number of carbonyl (C=O) groups is 7. The number of hydrogen-bond acceptors (Lipinski definition) is 14. The molecule has 7 amide bonds. The number of piperazine rings is 1. The summed E-state index contributed by atoms with van der Waals surface area (Å²) in [6.45, 7) is 2.27. The summed E-state index contributed by atoms with van der Waals surface area (Å²) < 4.78 is 35.8. The molecule has 0 bridgehead atoms. The van der Waals surface area contributed by atoms with E-state index in [9.17, 15) is 33.6 Å². The first-order valence-electron chi connectivity index (χ1n) is 22.4. The monoisotopic (exact) mass is 911 g/mol. The fourth-order valence-electron chi connectivity index (χ4n) is 9.95. The van der Waals surface area contributed by atoms with Gasteiger partial charge in [-0.25, -0.2) is 4.98 Å². The predicted molar refractivity (Wildman–Crippen MR) is 235 cm³/mol. The van der Waals surface area contributed by atoms with Crippen molar-refractivity contribution in [2.45, 2.75) is 75.4 Å². The summed E-state index contributed by atoms with van der Waals surface area (Å²) in [5.41, 5.74) is 1.95. The molecule has 1 aromatic heterocycles. The van der Waals surface area contributed by atoms with E-state index in [2.05, 4.69) is 25.9 Å². The summed E-state index contributed by atoms with van der Waals surface area (Å²) in [5, 5.41) is 8.38. The molecule has 4 fully saturated rings. The smallest absolute Gasteiger partial charge is 0.342 e. The third-order valence-corrected chi connectivity index (χ3v) is 13.5. The van der Waals surface area contributed by atoms with Crippen molar-refractivity contribution in [1.82, 2.24) is 35.3 Å². The summed E-state index contributed by atoms with van der Waals surface area (Å²) >= 11 is 0. The summed E-state index contributed by atoms with van der Waals surface area (Å²) in [7, 11) is 2.74. The van der Waals surface area contributed by atoms with Crippen LogP contribution in [0.1, 0.15) is 82.4 Å². The highest BCUT2D eigenvalue weighted by Gasteiger charge is 2.49. The van der Waals surface area contributed by atoms with Crippen molar-refractivity contribution in [2.24, 2.45) is 0 Å². The number of alkyl halides is 2. The molecule has 2 unspecified atom stereocenters. The average Bonchev–Trinajstić information content (AvgIpc) is 3.93. The number of likely N-dealkylation sites (tertiary alicyclic amines) is 1. The van der Waals surface area contributed by atoms with Crippen LogP contribution in [-0.4, -0.2) is 157 Å². The van der Waals surface area contributed by atoms with Crippen molar-refractivity contribution in [3.63, 3.8) is 0 Å². The van der Waals surface area contributed by atoms with E-state index in [0.717, 1.165) is 22.6 Å². The van der Waals surface area contributed by atoms with Gasteiger partial charge in [0.05, 0.1) is 48.9 Å². The molecule has 0 radical (unpaired) electrons. The van der Waals surface area contributed by atoms with E-state index in [4.69, 9.17) is 4.74 Å². The highest BCUT2D eigenvalue weighted by atomic mass is 19.3. The lowest BCUT2D eigenvalue weighted by atomic mass is 10.0. The number of carbonyl (C=O) groups excluding carboxylic acids is 7. The Bertz CT molecular complexity index is 2490. The van der Waals surface area contributed by atoms with Gasteiger partial charge in [0.1, 0.15) is 17.5 Å². The second-order valence-corrected chi connectivity index (χ2v) is 17.6. The Morgan fingerprint density at radius 1 is 0.924 bits per heavy atom. The van der Waals surface area contributed by atoms with E-state index >= 15 is 8.78 Å². The minimum atomic E-state index is -3.61. The number of methoxy groups -OCH3 is 1. The van der Waals surface area contributed by atoms with Crippen LogP contribution in [0, 0.1) is 0 Å². The predicted octanol–water partition coefficient (Wildman–Crippen LogP) is 2.53. The summed E-state index contributed by atoms with van der Waals surface area (Å²) in [5.74, 6) is -6.95. The van der Waals surface area contributed by atoms with E-state index < -0.39 is 48.0 Å². The summed E-state index contributed by atoms with van der Waals surface area (Å²) in [6.07, 6.45) is 6.02. The van der Waals surface area contributed by atoms with Crippen LogP contribution in [0.15, 0.2) is 42.6 Å². The lowest BCUT2D eigenvalue weighted by molar-refractivity contribution is -0.140. The topological polar surface area (TPSA) is 210 Å². The molecule has 9 rings (SSSR count). The Morgan fingerprint density at radius 2 is 1.70 bits per heavy atom. The van der Waals surface area contributed by atoms with Gasteiger partial charge < -0.3 is 35.0 Å². The number of amides is 7. The Morgan fingerprint density at radius 3 is 2.44 bits per heavy atom. The Balaban J connectivity index is 0.794. The zero-order valence-electron chi connectivity index (χ0n) is 36.7. The molecule has 5 aliphatic heterocycles. The molecule has 3 saturated heterocycles. The van der Waals surface area contributed by atoms with Gasteiger partial charge in [0, 0.05) is 70.4 Å². The second kappa shape index (κ2) is 17.9. The molecule has 6 heterocycles. The van der Waals surface area contributed by atoms with Crippen LogP contribution in [-0.2, 0) is 19.2 Å². The molecule has 348 valence electrons. The van der Waals surface area contributed by atoms with E-state index in [1.807, 2.05) is 9.80 Å². The first-order valence-corrected chi connectivity index (χ1v) is 22.4. The summed E-state index contributed by atoms with van der Waals surface area (Å²) in [6, 6.07) is 8.30. The lowest BCUT2D eigenvalue weighted by Gasteiger charge is -2.38. The number of hydrogen-bond donors (Lipinski definition) is 3. The van der Waals surface area contributed by atoms with Crippen LogP contribution in [0.2, 0.25) is 0 Å². The van der Waals surface area contributed by atoms with Crippen LogP contribution < -0.4 is 35.4 Å². The molecule has 2 aromatic carbocycles. The van der Waals surface area contributed by atoms with Crippen LogP contribution in [0.3, 0.4) is 0 Å². The molecule has 21 heteroatoms. The molecule has 1 saturated carbocycles. The van der Waals surface area contributed by atoms with Crippen molar-refractivity contribution in [1.29, 1.82) is 0 Å². The van der Waals surface area contributed by atoms with Crippen LogP contribution in [0.5, 0.6) is 5.75 Å². The Labute approximate surface area is 378 Å². The number of anilines is 5. The SMILES string of the molecule is COc1cc(C(=O)NC2CCCN(C(=O)CN3CCN(c4cccc5c4C(=O)N(C4CCC(=O)NC4=O)C5=O)CC3)C2)ccc1Nc1ncc2c(n1)N(C1CCCC1)CC(F)(F)C(=O)N2C. The van der Waals surface area contributed by atoms with Gasteiger partial charge >= 0.3 is 5.92 Å². The Hall–Kier alpha value is -6.77. The fraction of sp³-hybridized carbons (Fsp3) is 0.489. The van der Waals surface area contributed by atoms with E-state index in [-0.39, 0.29) is 71.9 Å². The van der Waals surface area contributed by atoms with Gasteiger partial charge in [0.15, 0.2) is 5.82 Å². The number of nitrogens with zero attached hydrogens (tertiary/aromatic N) is 8. The first-order chi connectivity index (χ1) is 31.7. The molecule has 0 spiro atoms. The number of piperidine rings is 2. The number of aromatic nitrogens is 2. The minimum absolute atomic E-state index is 0.0332. The van der Waals surface area contributed by atoms with Crippen LogP contribution in [0.25, 0.3) is 0 Å². The number of fused-ring (bicyclic) bond motifs is 2. The maximum absolute atomic E-state index is 15.1. The molecule has 6 aliphatic rings. The molecular formula is C45H51F2N11O8. The minimum Gasteiger partial charge on any atom is -0.495 e. The normalized spacial score (nSPS) is 22.5. The van der Waals surface area contributed by atoms with Gasteiger partial charge in [-0.3, -0.25) is 48.7 Å². The van der Waals surface area contributed by atoms with Gasteiger partial charge in [-0.1, -0.05) is 18.9 Å². The van der Waals surface area contributed by atoms with Gasteiger partial charge in [-0.05, 0) is 62.4 Å². The largest absolute Gasteiger partial charge is 0.495 e. The van der Waals surface area contributed by atoms with Crippen molar-refractivity contribution in [3.05, 3.63) is 59.3 Å². The zero-order chi connectivity index (χ0) is 46.4. The third-order valence-electron chi connectivity index (χ3n) is 13.5. The second-order valence-electron chi connectivity index (χ2n) is 17.6. The van der Waals surface area contributed by atoms with E-state index in [1.165, 1.54) is 25.3 Å². The number of nitrogens with one attached hydrogen (secondary N) is 3. The van der Waals surface area contributed by atoms with Gasteiger partial charge in [0.25, 0.3) is 23.6 Å². The summed E-state index contributed by atoms with van der Waals surface area (Å²) in [4.78, 5) is 109. The zero-order valence-corrected chi connectivity index (χ0v) is 36.7. The first kappa shape index (κ1) is 44.4. The Kier molecular flexibility index (Phi) is 12.0. The van der Waals surface area contributed by atoms with E-state index in [1.54, 1.807) is 41.3 Å². The highest BCUT2D eigenvalue weighted by Crippen LogP contribution is 2.40. The number of imide groups is 2. The number of benzene rings is 2. The standard InChI is InChI=1S/C45H51F2N11O8/c1-53-33-22-48-44(52-38(33)57(28-8-3-4-9-28)25-45(46,47)43(53)65)50-30-13-12-26(21-34(30)66-2)39(61)49-27-7-6-16-56(23-27)36(60)24-54-17-19-55(20-18-54)31-11-5-10-29-37(31)42(64)58(41(29)63)32-14-15-35(59)51-40(32)62/h5,10-13,21-22,27-28,32H,3-4,6-9,14-20,23-25H2,1-2H3,(H,49,61)(H,48,50,52)(H,51,59,62). The third kappa shape index (κ3) is 8.46. The van der Waals surface area contributed by atoms with Crippen LogP contribution in [0.4, 0.5) is 37.6 Å². The number of ether oxygens (including phenoxy) is 1. The van der Waals surface area contributed by atoms with Gasteiger partial charge in [0.2, 0.25) is 23.7 Å². The quantitative estimate of drug-likeness (QED) is 0.250. The lowest BCUT2D eigenvalue weighted by Crippen LogP contribution is -2.54. The number of rotatable bonds is 10. The number of halogens is 2. The van der Waals surface area contributed by atoms with E-state index in [0.29, 0.717) is 87.6 Å². The maximum Gasteiger partial charge on any atom is 0.342 e. The van der Waals surface area contributed by atoms with Crippen molar-refractivity contribution in [3.8, 4) is 5.75 Å². The van der Waals surface area contributed by atoms with Crippen LogP contribution >= 0.6 is 0 Å². The molecule has 66 heavy (non-hydrogen) atoms. The fourth-order valence-corrected chi connectivity index (χ4v) is 9.95. The molecule has 3 N–H and O–H groups in total. The molecule has 1 aliphatic carbocycles. The molecular weight excluding hydrogens is 861 g/mol. The molecule has 19 nitrogen and oxygen atoms in total. The van der Waals surface area contributed by atoms with Crippen molar-refractivity contribution in [2.75, 3.05) is 86.5 Å². The van der Waals surface area contributed by atoms with Gasteiger partial charge in [-0.2, -0.15) is 13.8 Å². The average molecular weight is 912 g/mol. The van der Waals surface area contributed by atoms with Crippen molar-refractivity contribution >= 4 is 70.2 Å². The molecule has 2 atom stereocenters. The molecule has 3 aromatic rings. The highest BCUT2D eigenvalue weighted by molar-refractivity contribution is 6.25. The van der Waals surface area contributed by atoms with Crippen molar-refractivity contribution < 1.29 is 47.1 Å². The van der Waals surface area contributed by atoms with Gasteiger partial charge in [-0.15, -0.1) is 0 Å². The maximum atomic E-state index is 15.1.